The number of rotatable bonds is 4. The first-order chi connectivity index (χ1) is 16.0. The van der Waals surface area contributed by atoms with Gasteiger partial charge in [-0.05, 0) is 37.5 Å². The van der Waals surface area contributed by atoms with Gasteiger partial charge in [-0.25, -0.2) is 4.79 Å². The number of urea groups is 1. The van der Waals surface area contributed by atoms with Gasteiger partial charge in [0.25, 0.3) is 11.8 Å². The molecule has 2 aliphatic rings. The average molecular weight is 442 g/mol. The van der Waals surface area contributed by atoms with E-state index in [9.17, 15) is 14.4 Å². The minimum Gasteiger partial charge on any atom is -0.342 e. The molecule has 5 rings (SSSR count). The second-order valence-electron chi connectivity index (χ2n) is 9.00. The van der Waals surface area contributed by atoms with Gasteiger partial charge in [-0.15, -0.1) is 0 Å². The van der Waals surface area contributed by atoms with Crippen LogP contribution in [-0.4, -0.2) is 33.4 Å². The third kappa shape index (κ3) is 4.09. The van der Waals surface area contributed by atoms with Gasteiger partial charge in [0, 0.05) is 35.2 Å². The molecule has 2 heterocycles. The Bertz CT molecular complexity index is 1260. The lowest BCUT2D eigenvalue weighted by Crippen LogP contribution is -2.58. The summed E-state index contributed by atoms with van der Waals surface area (Å²) in [7, 11) is 0. The molecule has 1 saturated carbocycles. The van der Waals surface area contributed by atoms with Crippen LogP contribution < -0.4 is 5.32 Å². The highest BCUT2D eigenvalue weighted by Crippen LogP contribution is 2.29. The van der Waals surface area contributed by atoms with Crippen LogP contribution in [0.25, 0.3) is 17.0 Å². The topological polar surface area (TPSA) is 71.4 Å². The molecule has 6 heteroatoms. The molecule has 1 aliphatic heterocycles. The SMILES string of the molecule is Cc1ccc(Cn2cc(C=C3C(=O)NC(=O)N(C4CCCCC4)C3=O)c3ccccc32)cc1. The number of hydrogen-bond donors (Lipinski definition) is 1. The van der Waals surface area contributed by atoms with Gasteiger partial charge < -0.3 is 4.57 Å². The fourth-order valence-corrected chi connectivity index (χ4v) is 4.91. The van der Waals surface area contributed by atoms with E-state index < -0.39 is 17.8 Å². The van der Waals surface area contributed by atoms with Crippen LogP contribution in [0.4, 0.5) is 4.79 Å². The zero-order valence-electron chi connectivity index (χ0n) is 18.7. The quantitative estimate of drug-likeness (QED) is 0.467. The van der Waals surface area contributed by atoms with Crippen LogP contribution in [0, 0.1) is 6.92 Å². The van der Waals surface area contributed by atoms with E-state index in [1.165, 1.54) is 16.0 Å². The van der Waals surface area contributed by atoms with Gasteiger partial charge in [-0.1, -0.05) is 67.3 Å². The van der Waals surface area contributed by atoms with E-state index in [2.05, 4.69) is 41.1 Å². The lowest BCUT2D eigenvalue weighted by Gasteiger charge is -2.35. The fraction of sp³-hybridized carbons (Fsp3) is 0.296. The monoisotopic (exact) mass is 441 g/mol. The number of aromatic nitrogens is 1. The summed E-state index contributed by atoms with van der Waals surface area (Å²) >= 11 is 0. The van der Waals surface area contributed by atoms with E-state index in [0.717, 1.165) is 48.6 Å². The van der Waals surface area contributed by atoms with Crippen LogP contribution >= 0.6 is 0 Å². The molecule has 0 bridgehead atoms. The molecule has 2 fully saturated rings. The summed E-state index contributed by atoms with van der Waals surface area (Å²) in [4.78, 5) is 39.7. The van der Waals surface area contributed by atoms with Gasteiger partial charge in [0.05, 0.1) is 0 Å². The predicted octanol–water partition coefficient (Wildman–Crippen LogP) is 4.79. The van der Waals surface area contributed by atoms with Crippen LogP contribution in [0.3, 0.4) is 0 Å². The van der Waals surface area contributed by atoms with Crippen molar-refractivity contribution in [3.05, 3.63) is 77.0 Å². The second-order valence-corrected chi connectivity index (χ2v) is 9.00. The Balaban J connectivity index is 1.52. The molecule has 168 valence electrons. The van der Waals surface area contributed by atoms with E-state index in [4.69, 9.17) is 0 Å². The minimum atomic E-state index is -0.632. The molecule has 0 atom stereocenters. The molecule has 0 radical (unpaired) electrons. The van der Waals surface area contributed by atoms with E-state index in [-0.39, 0.29) is 11.6 Å². The number of carbonyl (C=O) groups is 3. The van der Waals surface area contributed by atoms with E-state index in [0.29, 0.717) is 6.54 Å². The van der Waals surface area contributed by atoms with Crippen molar-refractivity contribution in [2.45, 2.75) is 51.6 Å². The summed E-state index contributed by atoms with van der Waals surface area (Å²) in [6.45, 7) is 2.74. The van der Waals surface area contributed by atoms with Crippen molar-refractivity contribution < 1.29 is 14.4 Å². The molecular formula is C27H27N3O3. The van der Waals surface area contributed by atoms with Crippen molar-refractivity contribution >= 4 is 34.8 Å². The molecule has 1 N–H and O–H groups in total. The number of nitrogens with zero attached hydrogens (tertiary/aromatic N) is 2. The Morgan fingerprint density at radius 1 is 0.970 bits per heavy atom. The van der Waals surface area contributed by atoms with Crippen LogP contribution in [0.5, 0.6) is 0 Å². The van der Waals surface area contributed by atoms with Gasteiger partial charge >= 0.3 is 6.03 Å². The molecule has 1 aromatic heterocycles. The number of para-hydroxylation sites is 1. The first-order valence-electron chi connectivity index (χ1n) is 11.6. The summed E-state index contributed by atoms with van der Waals surface area (Å²) in [6, 6.07) is 15.6. The molecule has 2 aromatic carbocycles. The zero-order valence-corrected chi connectivity index (χ0v) is 18.7. The number of hydrogen-bond acceptors (Lipinski definition) is 3. The highest BCUT2D eigenvalue weighted by atomic mass is 16.2. The maximum absolute atomic E-state index is 13.3. The maximum atomic E-state index is 13.3. The first kappa shape index (κ1) is 21.2. The van der Waals surface area contributed by atoms with Gasteiger partial charge in [0.15, 0.2) is 0 Å². The number of imide groups is 2. The molecular weight excluding hydrogens is 414 g/mol. The molecule has 33 heavy (non-hydrogen) atoms. The van der Waals surface area contributed by atoms with Crippen molar-refractivity contribution in [2.24, 2.45) is 0 Å². The second kappa shape index (κ2) is 8.70. The number of barbiturate groups is 1. The van der Waals surface area contributed by atoms with E-state index in [1.807, 2.05) is 30.5 Å². The van der Waals surface area contributed by atoms with Crippen LogP contribution in [0.1, 0.15) is 48.8 Å². The van der Waals surface area contributed by atoms with Gasteiger partial charge in [0.1, 0.15) is 5.57 Å². The molecule has 1 aliphatic carbocycles. The summed E-state index contributed by atoms with van der Waals surface area (Å²) in [5.74, 6) is -1.13. The van der Waals surface area contributed by atoms with Crippen molar-refractivity contribution in [1.82, 2.24) is 14.8 Å². The zero-order chi connectivity index (χ0) is 22.9. The molecule has 3 aromatic rings. The van der Waals surface area contributed by atoms with Crippen LogP contribution in [-0.2, 0) is 16.1 Å². The smallest absolute Gasteiger partial charge is 0.331 e. The Morgan fingerprint density at radius 3 is 2.45 bits per heavy atom. The van der Waals surface area contributed by atoms with Gasteiger partial charge in [-0.2, -0.15) is 0 Å². The lowest BCUT2D eigenvalue weighted by molar-refractivity contribution is -0.132. The number of carbonyl (C=O) groups excluding carboxylic acids is 3. The Labute approximate surface area is 192 Å². The largest absolute Gasteiger partial charge is 0.342 e. The molecule has 6 nitrogen and oxygen atoms in total. The Morgan fingerprint density at radius 2 is 1.70 bits per heavy atom. The van der Waals surface area contributed by atoms with Crippen LogP contribution in [0.2, 0.25) is 0 Å². The third-order valence-electron chi connectivity index (χ3n) is 6.67. The summed E-state index contributed by atoms with van der Waals surface area (Å²) < 4.78 is 2.13. The highest BCUT2D eigenvalue weighted by Gasteiger charge is 2.40. The number of nitrogens with one attached hydrogen (secondary N) is 1. The molecule has 0 unspecified atom stereocenters. The van der Waals surface area contributed by atoms with Crippen molar-refractivity contribution in [3.8, 4) is 0 Å². The Kier molecular flexibility index (Phi) is 5.58. The van der Waals surface area contributed by atoms with Crippen molar-refractivity contribution in [2.75, 3.05) is 0 Å². The standard InChI is InChI=1S/C27H27N3O3/c1-18-11-13-19(14-12-18)16-29-17-20(22-9-5-6-10-24(22)29)15-23-25(31)28-27(33)30(26(23)32)21-7-3-2-4-8-21/h5-6,9-15,17,21H,2-4,7-8,16H2,1H3,(H,28,31,33). The summed E-state index contributed by atoms with van der Waals surface area (Å²) in [5.41, 5.74) is 4.20. The maximum Gasteiger partial charge on any atom is 0.331 e. The summed E-state index contributed by atoms with van der Waals surface area (Å²) in [5, 5.41) is 3.34. The van der Waals surface area contributed by atoms with Crippen LogP contribution in [0.15, 0.2) is 60.3 Å². The van der Waals surface area contributed by atoms with Gasteiger partial charge in [-0.3, -0.25) is 19.8 Å². The highest BCUT2D eigenvalue weighted by molar-refractivity contribution is 6.31. The fourth-order valence-electron chi connectivity index (χ4n) is 4.91. The summed E-state index contributed by atoms with van der Waals surface area (Å²) in [6.07, 6.45) is 8.27. The van der Waals surface area contributed by atoms with Crippen molar-refractivity contribution in [1.29, 1.82) is 0 Å². The number of aryl methyl sites for hydroxylation is 1. The minimum absolute atomic E-state index is 0.0124. The third-order valence-corrected chi connectivity index (χ3v) is 6.67. The lowest BCUT2D eigenvalue weighted by atomic mass is 9.93. The number of amides is 4. The normalized spacial score (nSPS) is 18.9. The first-order valence-corrected chi connectivity index (χ1v) is 11.6. The molecule has 4 amide bonds. The average Bonchev–Trinajstić information content (AvgIpc) is 3.16. The number of fused-ring (bicyclic) bond motifs is 1. The van der Waals surface area contributed by atoms with Gasteiger partial charge in [0.2, 0.25) is 0 Å². The van der Waals surface area contributed by atoms with E-state index in [1.54, 1.807) is 6.08 Å². The molecule has 0 spiro atoms. The predicted molar refractivity (Wildman–Crippen MR) is 127 cm³/mol. The van der Waals surface area contributed by atoms with Crippen molar-refractivity contribution in [3.63, 3.8) is 0 Å². The molecule has 1 saturated heterocycles. The number of benzene rings is 2. The van der Waals surface area contributed by atoms with E-state index >= 15 is 0 Å². The Hall–Kier alpha value is -3.67.